The van der Waals surface area contributed by atoms with Crippen molar-refractivity contribution in [3.8, 4) is 0 Å². The molecule has 0 radical (unpaired) electrons. The fraction of sp³-hybridized carbons (Fsp3) is 0.357. The summed E-state index contributed by atoms with van der Waals surface area (Å²) < 4.78 is 0. The van der Waals surface area contributed by atoms with Crippen molar-refractivity contribution >= 4 is 125 Å². The number of carboxylic acids is 2. The summed E-state index contributed by atoms with van der Waals surface area (Å²) in [4.78, 5) is 97.1. The maximum absolute atomic E-state index is 13.2. The molecule has 0 bridgehead atoms. The van der Waals surface area contributed by atoms with Crippen LogP contribution in [0.4, 0.5) is 10.3 Å². The van der Waals surface area contributed by atoms with Crippen LogP contribution >= 0.6 is 67.8 Å². The number of nitrogens with zero attached hydrogens (tertiary/aromatic N) is 6. The van der Waals surface area contributed by atoms with E-state index in [4.69, 9.17) is 21.1 Å². The number of oxime groups is 2. The van der Waals surface area contributed by atoms with Crippen LogP contribution in [0.2, 0.25) is 0 Å². The molecule has 0 saturated carbocycles. The molecule has 2 saturated heterocycles. The van der Waals surface area contributed by atoms with Crippen LogP contribution in [0.3, 0.4) is 0 Å². The average Bonchev–Trinajstić information content (AvgIpc) is 3.78. The number of fused-ring (bicyclic) bond motifs is 2. The lowest BCUT2D eigenvalue weighted by Gasteiger charge is -2.49. The second kappa shape index (κ2) is 16.5. The van der Waals surface area contributed by atoms with Gasteiger partial charge >= 0.3 is 11.9 Å². The van der Waals surface area contributed by atoms with Crippen LogP contribution in [0.25, 0.3) is 0 Å². The van der Waals surface area contributed by atoms with E-state index >= 15 is 0 Å². The van der Waals surface area contributed by atoms with E-state index in [1.54, 1.807) is 0 Å². The zero-order valence-electron chi connectivity index (χ0n) is 27.7. The average molecular weight is 857 g/mol. The molecule has 0 unspecified atom stereocenters. The van der Waals surface area contributed by atoms with Crippen LogP contribution in [-0.4, -0.2) is 137 Å². The van der Waals surface area contributed by atoms with E-state index in [2.05, 4.69) is 30.9 Å². The van der Waals surface area contributed by atoms with Crippen molar-refractivity contribution in [2.45, 2.75) is 22.8 Å². The van der Waals surface area contributed by atoms with Crippen molar-refractivity contribution in [3.05, 3.63) is 44.7 Å². The normalized spacial score (nSPS) is 22.6. The van der Waals surface area contributed by atoms with Crippen molar-refractivity contribution in [3.63, 3.8) is 0 Å². The number of thioether (sulfide) groups is 2. The van der Waals surface area contributed by atoms with Gasteiger partial charge in [0.05, 0.1) is 0 Å². The van der Waals surface area contributed by atoms with Gasteiger partial charge in [0.1, 0.15) is 59.8 Å². The zero-order valence-corrected chi connectivity index (χ0v) is 32.6. The Bertz CT molecular complexity index is 1910. The Morgan fingerprint density at radius 2 is 1.19 bits per heavy atom. The second-order valence-electron chi connectivity index (χ2n) is 11.1. The number of rotatable bonds is 15. The van der Waals surface area contributed by atoms with Crippen LogP contribution in [0.5, 0.6) is 0 Å². The van der Waals surface area contributed by atoms with Crippen LogP contribution in [-0.2, 0) is 38.4 Å². The number of hydrogen-bond donors (Lipinski definition) is 6. The number of hydrogen-bond acceptors (Lipinski definition) is 20. The summed E-state index contributed by atoms with van der Waals surface area (Å²) in [5.74, 6) is -4.44. The highest BCUT2D eigenvalue weighted by molar-refractivity contribution is 8.76. The van der Waals surface area contributed by atoms with E-state index in [9.17, 15) is 39.0 Å². The molecule has 54 heavy (non-hydrogen) atoms. The van der Waals surface area contributed by atoms with Gasteiger partial charge in [-0.25, -0.2) is 19.6 Å². The molecule has 0 aromatic carbocycles. The molecule has 2 fully saturated rings. The number of nitrogen functional groups attached to an aromatic ring is 2. The molecular weight excluding hydrogens is 829 g/mol. The predicted molar refractivity (Wildman–Crippen MR) is 204 cm³/mol. The molecule has 6 rings (SSSR count). The first-order valence-electron chi connectivity index (χ1n) is 15.2. The standard InChI is InChI=1S/C28H28N10O10S6/c1-47-35-13(11-7-51-27(29)31-11)19(39)33-15-21(41)37-17(25(43)44)9(3-49-23(15)37)5-53-54-6-10-4-50-24-16(22(42)38(24)18(10)26(45)46)34-20(40)14(36-48-2)12-8-52-28(30)32-12/h7-8,15-16,23-24H,3-6H2,1-2H3,(H2,29,31)(H2,30,32)(H,33,39)(H,34,40)(H,43,44)(H,45,46)/b35-13-,36-14-/t15-,16-,23-,24-/m1/s1. The van der Waals surface area contributed by atoms with Crippen LogP contribution in [0, 0.1) is 0 Å². The topological polar surface area (TPSA) is 294 Å². The highest BCUT2D eigenvalue weighted by atomic mass is 33.1. The van der Waals surface area contributed by atoms with E-state index in [0.717, 1.165) is 32.5 Å². The van der Waals surface area contributed by atoms with Gasteiger partial charge in [-0.2, -0.15) is 0 Å². The Balaban J connectivity index is 1.06. The van der Waals surface area contributed by atoms with Crippen molar-refractivity contribution in [2.75, 3.05) is 48.7 Å². The molecule has 286 valence electrons. The molecule has 8 N–H and O–H groups in total. The molecule has 2 aromatic heterocycles. The van der Waals surface area contributed by atoms with Gasteiger partial charge < -0.3 is 42.0 Å². The lowest BCUT2D eigenvalue weighted by atomic mass is 10.0. The predicted octanol–water partition coefficient (Wildman–Crippen LogP) is 0.0238. The molecule has 4 aliphatic heterocycles. The fourth-order valence-electron chi connectivity index (χ4n) is 5.62. The first-order chi connectivity index (χ1) is 25.9. The number of carbonyl (C=O) groups is 6. The van der Waals surface area contributed by atoms with Crippen molar-refractivity contribution in [1.29, 1.82) is 0 Å². The summed E-state index contributed by atoms with van der Waals surface area (Å²) >= 11 is 4.74. The van der Waals surface area contributed by atoms with Gasteiger partial charge in [0, 0.05) is 33.8 Å². The Kier molecular flexibility index (Phi) is 12.0. The van der Waals surface area contributed by atoms with Gasteiger partial charge in [0.15, 0.2) is 21.7 Å². The quantitative estimate of drug-likeness (QED) is 0.0453. The van der Waals surface area contributed by atoms with Crippen LogP contribution < -0.4 is 22.1 Å². The third-order valence-corrected chi connectivity index (χ3v) is 14.3. The molecule has 4 aliphatic rings. The van der Waals surface area contributed by atoms with Crippen molar-refractivity contribution in [2.24, 2.45) is 10.3 Å². The van der Waals surface area contributed by atoms with E-state index in [-0.39, 0.29) is 67.5 Å². The largest absolute Gasteiger partial charge is 0.477 e. The summed E-state index contributed by atoms with van der Waals surface area (Å²) in [7, 11) is 5.02. The number of aromatic nitrogens is 2. The van der Waals surface area contributed by atoms with Crippen molar-refractivity contribution in [1.82, 2.24) is 30.4 Å². The number of carboxylic acid groups (broad SMARTS) is 2. The maximum atomic E-state index is 13.2. The Hall–Kier alpha value is -4.50. The maximum Gasteiger partial charge on any atom is 0.352 e. The first kappa shape index (κ1) is 39.2. The Morgan fingerprint density at radius 1 is 0.796 bits per heavy atom. The summed E-state index contributed by atoms with van der Waals surface area (Å²) in [6, 6.07) is -2.05. The third-order valence-electron chi connectivity index (χ3n) is 7.95. The molecule has 4 amide bonds. The number of carbonyl (C=O) groups excluding carboxylic acids is 4. The van der Waals surface area contributed by atoms with E-state index in [0.29, 0.717) is 11.1 Å². The number of thiazole rings is 2. The smallest absolute Gasteiger partial charge is 0.352 e. The first-order valence-corrected chi connectivity index (χ1v) is 21.5. The van der Waals surface area contributed by atoms with Crippen molar-refractivity contribution < 1.29 is 48.7 Å². The molecule has 2 aromatic rings. The highest BCUT2D eigenvalue weighted by Crippen LogP contribution is 2.44. The summed E-state index contributed by atoms with van der Waals surface area (Å²) in [6.07, 6.45) is 0. The minimum atomic E-state index is -1.31. The Labute approximate surface area is 329 Å². The SMILES string of the molecule is CO/N=C(\C(=O)N[C@@H]1C(=O)N2C(C(=O)O)=C(CSSCC3=C(C(=O)O)N4C(=O)[C@@H](NC(=O)/C(=N\OC)c5csc(N)n5)[C@H]4SC3)CS[C@H]12)c1csc(N)n1. The molecular formula is C28H28N10O10S6. The molecule has 0 spiro atoms. The Morgan fingerprint density at radius 3 is 1.50 bits per heavy atom. The fourth-order valence-corrected chi connectivity index (χ4v) is 11.9. The van der Waals surface area contributed by atoms with Crippen LogP contribution in [0.1, 0.15) is 11.4 Å². The molecule has 20 nitrogen and oxygen atoms in total. The number of nitrogens with two attached hydrogens (primary N) is 2. The van der Waals surface area contributed by atoms with Gasteiger partial charge in [-0.3, -0.25) is 29.0 Å². The van der Waals surface area contributed by atoms with E-state index < -0.39 is 58.4 Å². The van der Waals surface area contributed by atoms with Crippen LogP contribution in [0.15, 0.2) is 43.6 Å². The molecule has 0 aliphatic carbocycles. The van der Waals surface area contributed by atoms with Gasteiger partial charge in [-0.15, -0.1) is 46.2 Å². The number of β-lactam (4-membered cyclic amide) rings is 2. The lowest BCUT2D eigenvalue weighted by molar-refractivity contribution is -0.150. The number of aliphatic carboxylic acids is 2. The second-order valence-corrected chi connectivity index (χ2v) is 17.6. The van der Waals surface area contributed by atoms with E-state index in [1.807, 2.05) is 0 Å². The number of nitrogens with one attached hydrogen (secondary N) is 2. The zero-order chi connectivity index (χ0) is 38.8. The third kappa shape index (κ3) is 7.57. The van der Waals surface area contributed by atoms with Gasteiger partial charge in [-0.1, -0.05) is 31.9 Å². The number of amides is 4. The molecule has 4 atom stereocenters. The van der Waals surface area contributed by atoms with Gasteiger partial charge in [0.2, 0.25) is 0 Å². The van der Waals surface area contributed by atoms with Gasteiger partial charge in [0.25, 0.3) is 23.6 Å². The number of anilines is 2. The monoisotopic (exact) mass is 856 g/mol. The minimum Gasteiger partial charge on any atom is -0.477 e. The van der Waals surface area contributed by atoms with E-state index in [1.165, 1.54) is 70.1 Å². The lowest BCUT2D eigenvalue weighted by Crippen LogP contribution is -2.71. The minimum absolute atomic E-state index is 0.156. The van der Waals surface area contributed by atoms with Gasteiger partial charge in [-0.05, 0) is 11.1 Å². The summed E-state index contributed by atoms with van der Waals surface area (Å²) in [5.41, 5.74) is 11.8. The highest BCUT2D eigenvalue weighted by Gasteiger charge is 2.56. The molecule has 26 heteroatoms. The summed E-state index contributed by atoms with van der Waals surface area (Å²) in [6.45, 7) is 0. The summed E-state index contributed by atoms with van der Waals surface area (Å²) in [5, 5.41) is 34.8. The molecule has 6 heterocycles.